The van der Waals surface area contributed by atoms with Gasteiger partial charge in [0.1, 0.15) is 5.65 Å². The Hall–Kier alpha value is -7.56. The van der Waals surface area contributed by atoms with E-state index in [2.05, 4.69) is 197 Å². The molecule has 0 aliphatic heterocycles. The predicted molar refractivity (Wildman–Crippen MR) is 232 cm³/mol. The molecule has 0 saturated carbocycles. The molecular formula is C52H34N4. The van der Waals surface area contributed by atoms with E-state index < -0.39 is 0 Å². The van der Waals surface area contributed by atoms with E-state index in [0.717, 1.165) is 78.1 Å². The zero-order valence-corrected chi connectivity index (χ0v) is 30.4. The second kappa shape index (κ2) is 13.1. The van der Waals surface area contributed by atoms with Crippen molar-refractivity contribution in [1.82, 2.24) is 19.1 Å². The Kier molecular flexibility index (Phi) is 7.46. The molecule has 0 radical (unpaired) electrons. The second-order valence-electron chi connectivity index (χ2n) is 14.3. The molecule has 0 bridgehead atoms. The summed E-state index contributed by atoms with van der Waals surface area (Å²) in [6, 6.07) is 71.3. The molecule has 0 atom stereocenters. The first-order chi connectivity index (χ1) is 27.8. The first-order valence-electron chi connectivity index (χ1n) is 19.0. The fourth-order valence-electron chi connectivity index (χ4n) is 8.33. The molecule has 0 unspecified atom stereocenters. The maximum atomic E-state index is 5.24. The summed E-state index contributed by atoms with van der Waals surface area (Å²) < 4.78 is 4.68. The van der Waals surface area contributed by atoms with Gasteiger partial charge in [-0.05, 0) is 89.0 Å². The smallest absolute Gasteiger partial charge is 0.145 e. The Labute approximate surface area is 324 Å². The van der Waals surface area contributed by atoms with Crippen LogP contribution in [0.3, 0.4) is 0 Å². The number of aromatic nitrogens is 4. The lowest BCUT2D eigenvalue weighted by Crippen LogP contribution is -1.97. The molecule has 0 saturated heterocycles. The zero-order chi connectivity index (χ0) is 37.0. The molecule has 11 aromatic rings. The zero-order valence-electron chi connectivity index (χ0n) is 30.4. The first-order valence-corrected chi connectivity index (χ1v) is 19.0. The third-order valence-electron chi connectivity index (χ3n) is 11.0. The maximum absolute atomic E-state index is 5.24. The minimum atomic E-state index is 0.920. The lowest BCUT2D eigenvalue weighted by atomic mass is 10.00. The van der Waals surface area contributed by atoms with E-state index in [1.165, 1.54) is 21.8 Å². The van der Waals surface area contributed by atoms with E-state index in [1.807, 2.05) is 18.3 Å². The number of hydrogen-bond donors (Lipinski definition) is 0. The summed E-state index contributed by atoms with van der Waals surface area (Å²) in [6.45, 7) is 0. The van der Waals surface area contributed by atoms with Gasteiger partial charge in [-0.15, -0.1) is 0 Å². The standard InChI is InChI=1S/C52H34N4/c1-4-14-35(15-5-1)40-31-47(36-16-6-2-7-17-36)54-48(32-40)39-18-12-21-42(30-39)56-51-34-38(26-28-45(51)46-23-13-29-53-52(46)56)37-25-27-44-43-22-10-11-24-49(43)55(50(44)33-37)41-19-8-3-9-20-41/h1-34H. The molecular weight excluding hydrogens is 681 g/mol. The number of benzene rings is 7. The van der Waals surface area contributed by atoms with Crippen LogP contribution >= 0.6 is 0 Å². The van der Waals surface area contributed by atoms with Gasteiger partial charge in [0.05, 0.1) is 27.9 Å². The summed E-state index contributed by atoms with van der Waals surface area (Å²) in [5.74, 6) is 0. The van der Waals surface area contributed by atoms with Gasteiger partial charge in [0.15, 0.2) is 0 Å². The molecule has 262 valence electrons. The van der Waals surface area contributed by atoms with E-state index in [-0.39, 0.29) is 0 Å². The van der Waals surface area contributed by atoms with Crippen molar-refractivity contribution in [2.45, 2.75) is 0 Å². The number of para-hydroxylation sites is 2. The molecule has 0 spiro atoms. The summed E-state index contributed by atoms with van der Waals surface area (Å²) in [5, 5.41) is 4.77. The van der Waals surface area contributed by atoms with Crippen LogP contribution in [0.1, 0.15) is 0 Å². The van der Waals surface area contributed by atoms with Crippen LogP contribution in [-0.4, -0.2) is 19.1 Å². The van der Waals surface area contributed by atoms with Gasteiger partial charge in [0, 0.05) is 50.2 Å². The van der Waals surface area contributed by atoms with E-state index in [9.17, 15) is 0 Å². The molecule has 0 N–H and O–H groups in total. The van der Waals surface area contributed by atoms with Crippen molar-refractivity contribution in [1.29, 1.82) is 0 Å². The highest BCUT2D eigenvalue weighted by Gasteiger charge is 2.18. The molecule has 11 rings (SSSR count). The van der Waals surface area contributed by atoms with Gasteiger partial charge in [-0.3, -0.25) is 4.57 Å². The summed E-state index contributed by atoms with van der Waals surface area (Å²) in [4.78, 5) is 10.2. The van der Waals surface area contributed by atoms with Crippen molar-refractivity contribution in [3.05, 3.63) is 206 Å². The number of rotatable bonds is 6. The number of hydrogen-bond acceptors (Lipinski definition) is 2. The molecule has 0 aliphatic carbocycles. The highest BCUT2D eigenvalue weighted by molar-refractivity contribution is 6.11. The highest BCUT2D eigenvalue weighted by atomic mass is 15.0. The molecule has 0 amide bonds. The lowest BCUT2D eigenvalue weighted by molar-refractivity contribution is 1.13. The monoisotopic (exact) mass is 714 g/mol. The van der Waals surface area contributed by atoms with Gasteiger partial charge in [-0.1, -0.05) is 133 Å². The van der Waals surface area contributed by atoms with Crippen molar-refractivity contribution in [2.24, 2.45) is 0 Å². The SMILES string of the molecule is c1ccc(-c2cc(-c3ccccc3)nc(-c3cccc(-n4c5cc(-c6ccc7c8ccccc8n(-c8ccccc8)c7c6)ccc5c5cccnc54)c3)c2)cc1. The van der Waals surface area contributed by atoms with E-state index in [4.69, 9.17) is 9.97 Å². The molecule has 0 fully saturated rings. The minimum absolute atomic E-state index is 0.920. The summed E-state index contributed by atoms with van der Waals surface area (Å²) >= 11 is 0. The third kappa shape index (κ3) is 5.31. The summed E-state index contributed by atoms with van der Waals surface area (Å²) in [7, 11) is 0. The van der Waals surface area contributed by atoms with Gasteiger partial charge in [-0.25, -0.2) is 9.97 Å². The number of fused-ring (bicyclic) bond motifs is 6. The first kappa shape index (κ1) is 31.9. The quantitative estimate of drug-likeness (QED) is 0.172. The molecule has 7 aromatic carbocycles. The molecule has 4 heteroatoms. The van der Waals surface area contributed by atoms with Crippen LogP contribution < -0.4 is 0 Å². The van der Waals surface area contributed by atoms with Crippen LogP contribution in [0.4, 0.5) is 0 Å². The fourth-order valence-corrected chi connectivity index (χ4v) is 8.33. The van der Waals surface area contributed by atoms with E-state index in [0.29, 0.717) is 0 Å². The maximum Gasteiger partial charge on any atom is 0.145 e. The average molecular weight is 715 g/mol. The Morgan fingerprint density at radius 1 is 0.304 bits per heavy atom. The van der Waals surface area contributed by atoms with Crippen molar-refractivity contribution in [3.8, 4) is 56.1 Å². The molecule has 4 nitrogen and oxygen atoms in total. The van der Waals surface area contributed by atoms with Crippen LogP contribution in [0.15, 0.2) is 206 Å². The van der Waals surface area contributed by atoms with Gasteiger partial charge < -0.3 is 4.57 Å². The van der Waals surface area contributed by atoms with Crippen molar-refractivity contribution in [2.75, 3.05) is 0 Å². The van der Waals surface area contributed by atoms with E-state index >= 15 is 0 Å². The van der Waals surface area contributed by atoms with Crippen molar-refractivity contribution >= 4 is 43.7 Å². The normalized spacial score (nSPS) is 11.6. The molecule has 4 aromatic heterocycles. The highest BCUT2D eigenvalue weighted by Crippen LogP contribution is 2.38. The summed E-state index contributed by atoms with van der Waals surface area (Å²) in [6.07, 6.45) is 1.88. The van der Waals surface area contributed by atoms with Crippen molar-refractivity contribution in [3.63, 3.8) is 0 Å². The molecule has 56 heavy (non-hydrogen) atoms. The van der Waals surface area contributed by atoms with Crippen LogP contribution in [0, 0.1) is 0 Å². The Balaban J connectivity index is 1.08. The van der Waals surface area contributed by atoms with Gasteiger partial charge in [0.2, 0.25) is 0 Å². The largest absolute Gasteiger partial charge is 0.309 e. The fraction of sp³-hybridized carbons (Fsp3) is 0. The van der Waals surface area contributed by atoms with Crippen LogP contribution in [-0.2, 0) is 0 Å². The van der Waals surface area contributed by atoms with Gasteiger partial charge in [-0.2, -0.15) is 0 Å². The Bertz CT molecular complexity index is 3170. The molecule has 4 heterocycles. The van der Waals surface area contributed by atoms with Crippen LogP contribution in [0.25, 0.3) is 99.9 Å². The topological polar surface area (TPSA) is 35.6 Å². The number of pyridine rings is 2. The Morgan fingerprint density at radius 3 is 1.61 bits per heavy atom. The predicted octanol–water partition coefficient (Wildman–Crippen LogP) is 13.3. The van der Waals surface area contributed by atoms with Crippen LogP contribution in [0.5, 0.6) is 0 Å². The minimum Gasteiger partial charge on any atom is -0.309 e. The van der Waals surface area contributed by atoms with Gasteiger partial charge in [0.25, 0.3) is 0 Å². The van der Waals surface area contributed by atoms with Crippen molar-refractivity contribution < 1.29 is 0 Å². The third-order valence-corrected chi connectivity index (χ3v) is 11.0. The van der Waals surface area contributed by atoms with E-state index in [1.54, 1.807) is 0 Å². The number of nitrogens with zero attached hydrogens (tertiary/aromatic N) is 4. The lowest BCUT2D eigenvalue weighted by Gasteiger charge is -2.13. The molecule has 0 aliphatic rings. The Morgan fingerprint density at radius 2 is 0.857 bits per heavy atom. The average Bonchev–Trinajstić information content (AvgIpc) is 3.79. The van der Waals surface area contributed by atoms with Gasteiger partial charge >= 0.3 is 0 Å². The summed E-state index contributed by atoms with van der Waals surface area (Å²) in [5.41, 5.74) is 15.2. The second-order valence-corrected chi connectivity index (χ2v) is 14.3. The van der Waals surface area contributed by atoms with Crippen LogP contribution in [0.2, 0.25) is 0 Å².